The van der Waals surface area contributed by atoms with Crippen LogP contribution in [-0.2, 0) is 9.16 Å². The first kappa shape index (κ1) is 8.11. The van der Waals surface area contributed by atoms with Crippen LogP contribution >= 0.6 is 33.2 Å². The summed E-state index contributed by atoms with van der Waals surface area (Å²) in [5.74, 6) is 0. The van der Waals surface area contributed by atoms with Crippen molar-refractivity contribution in [2.45, 2.75) is 12.7 Å². The summed E-state index contributed by atoms with van der Waals surface area (Å²) < 4.78 is 9.75. The zero-order valence-electron chi connectivity index (χ0n) is 4.44. The van der Waals surface area contributed by atoms with Crippen LogP contribution in [-0.4, -0.2) is 19.1 Å². The van der Waals surface area contributed by atoms with Gasteiger partial charge in [0.2, 0.25) is 0 Å². The van der Waals surface area contributed by atoms with E-state index in [9.17, 15) is 0 Å². The Hall–Kier alpha value is 1.01. The van der Waals surface area contributed by atoms with Crippen molar-refractivity contribution in [2.75, 3.05) is 6.61 Å². The van der Waals surface area contributed by atoms with Crippen molar-refractivity contribution in [1.29, 1.82) is 0 Å². The lowest BCUT2D eigenvalue weighted by atomic mass is 10.4. The van der Waals surface area contributed by atoms with Gasteiger partial charge in [0.15, 0.2) is 6.29 Å². The van der Waals surface area contributed by atoms with Gasteiger partial charge in [-0.15, -0.1) is 0 Å². The molecule has 54 valence electrons. The van der Waals surface area contributed by atoms with Gasteiger partial charge in [0, 0.05) is 6.42 Å². The van der Waals surface area contributed by atoms with Crippen molar-refractivity contribution in [3.05, 3.63) is 0 Å². The van der Waals surface area contributed by atoms with Gasteiger partial charge in [0.25, 0.3) is 0 Å². The fourth-order valence-corrected chi connectivity index (χ4v) is 1.83. The molecule has 0 aromatic rings. The van der Waals surface area contributed by atoms with Crippen molar-refractivity contribution < 1.29 is 9.16 Å². The van der Waals surface area contributed by atoms with E-state index in [-0.39, 0.29) is 6.29 Å². The average molecular weight is 208 g/mol. The van der Waals surface area contributed by atoms with Crippen LogP contribution in [0.2, 0.25) is 0 Å². The highest BCUT2D eigenvalue weighted by atomic mass is 35.8. The van der Waals surface area contributed by atoms with Crippen molar-refractivity contribution >= 4 is 39.5 Å². The van der Waals surface area contributed by atoms with Crippen molar-refractivity contribution in [3.8, 4) is 0 Å². The van der Waals surface area contributed by atoms with Crippen LogP contribution in [0.4, 0.5) is 0 Å². The Morgan fingerprint density at radius 1 is 1.44 bits per heavy atom. The number of ether oxygens (including phenoxy) is 1. The molecule has 1 aliphatic heterocycles. The number of halogens is 3. The third-order valence-electron chi connectivity index (χ3n) is 0.922. The Morgan fingerprint density at radius 3 is 2.11 bits per heavy atom. The fourth-order valence-electron chi connectivity index (χ4n) is 0.456. The zero-order valence-corrected chi connectivity index (χ0v) is 7.71. The molecule has 1 fully saturated rings. The highest BCUT2D eigenvalue weighted by molar-refractivity contribution is 7.62. The second-order valence-corrected chi connectivity index (χ2v) is 9.31. The van der Waals surface area contributed by atoms with Gasteiger partial charge in [-0.2, -0.15) is 0 Å². The van der Waals surface area contributed by atoms with Gasteiger partial charge in [-0.05, 0) is 0 Å². The van der Waals surface area contributed by atoms with E-state index >= 15 is 0 Å². The van der Waals surface area contributed by atoms with Crippen LogP contribution in [0.5, 0.6) is 0 Å². The van der Waals surface area contributed by atoms with Crippen molar-refractivity contribution in [2.24, 2.45) is 0 Å². The van der Waals surface area contributed by atoms with E-state index in [2.05, 4.69) is 0 Å². The molecular formula is C3H5Cl3O2Si. The summed E-state index contributed by atoms with van der Waals surface area (Å²) in [5.41, 5.74) is 0. The predicted molar refractivity (Wildman–Crippen MR) is 38.8 cm³/mol. The molecule has 1 rings (SSSR count). The van der Waals surface area contributed by atoms with E-state index in [0.717, 1.165) is 6.42 Å². The highest BCUT2D eigenvalue weighted by Crippen LogP contribution is 2.27. The molecule has 0 N–H and O–H groups in total. The molecule has 0 aliphatic carbocycles. The normalized spacial score (nSPS) is 27.7. The minimum Gasteiger partial charge on any atom is -0.354 e. The van der Waals surface area contributed by atoms with E-state index in [0.29, 0.717) is 6.61 Å². The van der Waals surface area contributed by atoms with Gasteiger partial charge >= 0.3 is 6.25 Å². The third-order valence-corrected chi connectivity index (χ3v) is 2.25. The maximum atomic E-state index is 5.41. The molecule has 1 unspecified atom stereocenters. The Labute approximate surface area is 68.2 Å². The first-order valence-electron chi connectivity index (χ1n) is 2.44. The molecule has 2 nitrogen and oxygen atoms in total. The van der Waals surface area contributed by atoms with Crippen LogP contribution in [0.3, 0.4) is 0 Å². The molecule has 0 saturated carbocycles. The van der Waals surface area contributed by atoms with Crippen LogP contribution in [0.15, 0.2) is 0 Å². The van der Waals surface area contributed by atoms with Gasteiger partial charge in [-0.1, -0.05) is 33.2 Å². The molecule has 0 spiro atoms. The molecule has 0 radical (unpaired) electrons. The summed E-state index contributed by atoms with van der Waals surface area (Å²) in [7, 11) is 0. The highest BCUT2D eigenvalue weighted by Gasteiger charge is 2.34. The lowest BCUT2D eigenvalue weighted by Gasteiger charge is -2.28. The van der Waals surface area contributed by atoms with E-state index < -0.39 is 6.25 Å². The summed E-state index contributed by atoms with van der Waals surface area (Å²) in [6, 6.07) is 0. The van der Waals surface area contributed by atoms with Crippen molar-refractivity contribution in [1.82, 2.24) is 0 Å². The predicted octanol–water partition coefficient (Wildman–Crippen LogP) is 1.90. The summed E-state index contributed by atoms with van der Waals surface area (Å²) in [4.78, 5) is 0. The molecule has 1 saturated heterocycles. The first-order chi connectivity index (χ1) is 4.08. The second kappa shape index (κ2) is 2.94. The van der Waals surface area contributed by atoms with E-state index in [4.69, 9.17) is 42.4 Å². The van der Waals surface area contributed by atoms with E-state index in [1.165, 1.54) is 0 Å². The van der Waals surface area contributed by atoms with Gasteiger partial charge in [0.1, 0.15) is 0 Å². The summed E-state index contributed by atoms with van der Waals surface area (Å²) >= 11 is 16.2. The summed E-state index contributed by atoms with van der Waals surface area (Å²) in [6.07, 6.45) is -2.32. The molecule has 6 heteroatoms. The number of rotatable bonds is 2. The minimum atomic E-state index is -2.90. The third kappa shape index (κ3) is 3.07. The second-order valence-electron chi connectivity index (χ2n) is 1.65. The molecule has 0 aromatic carbocycles. The quantitative estimate of drug-likeness (QED) is 0.509. The topological polar surface area (TPSA) is 18.5 Å². The van der Waals surface area contributed by atoms with Gasteiger partial charge < -0.3 is 9.16 Å². The molecule has 1 heterocycles. The molecule has 0 aromatic heterocycles. The maximum absolute atomic E-state index is 5.41. The largest absolute Gasteiger partial charge is 0.495 e. The van der Waals surface area contributed by atoms with Crippen LogP contribution in [0.1, 0.15) is 6.42 Å². The lowest BCUT2D eigenvalue weighted by Crippen LogP contribution is -2.36. The Kier molecular flexibility index (Phi) is 2.65. The van der Waals surface area contributed by atoms with Gasteiger partial charge in [0.05, 0.1) is 6.61 Å². The molecule has 1 atom stereocenters. The Morgan fingerprint density at radius 2 is 2.00 bits per heavy atom. The smallest absolute Gasteiger partial charge is 0.354 e. The molecule has 9 heavy (non-hydrogen) atoms. The fraction of sp³-hybridized carbons (Fsp3) is 1.00. The van der Waals surface area contributed by atoms with Gasteiger partial charge in [-0.3, -0.25) is 0 Å². The summed E-state index contributed by atoms with van der Waals surface area (Å²) in [5, 5.41) is 0. The van der Waals surface area contributed by atoms with E-state index in [1.807, 2.05) is 0 Å². The minimum absolute atomic E-state index is 0.260. The van der Waals surface area contributed by atoms with Crippen molar-refractivity contribution in [3.63, 3.8) is 0 Å². The Bertz CT molecular complexity index is 99.7. The molecule has 0 amide bonds. The molecular weight excluding hydrogens is 202 g/mol. The maximum Gasteiger partial charge on any atom is 0.495 e. The molecule has 0 bridgehead atoms. The SMILES string of the molecule is Cl[Si](Cl)(Cl)OC1CCO1. The Balaban J connectivity index is 2.16. The van der Waals surface area contributed by atoms with Gasteiger partial charge in [-0.25, -0.2) is 0 Å². The standard InChI is InChI=1S/C3H5Cl3O2Si/c4-9(5,6)8-3-1-2-7-3/h3H,1-2H2. The number of hydrogen-bond acceptors (Lipinski definition) is 2. The first-order valence-corrected chi connectivity index (χ1v) is 7.38. The van der Waals surface area contributed by atoms with Crippen LogP contribution < -0.4 is 0 Å². The summed E-state index contributed by atoms with van der Waals surface area (Å²) in [6.45, 7) is 0.708. The zero-order chi connectivity index (χ0) is 6.91. The van der Waals surface area contributed by atoms with E-state index in [1.54, 1.807) is 0 Å². The number of hydrogen-bond donors (Lipinski definition) is 0. The molecule has 1 aliphatic rings. The van der Waals surface area contributed by atoms with Crippen LogP contribution in [0.25, 0.3) is 0 Å². The van der Waals surface area contributed by atoms with Crippen LogP contribution in [0, 0.1) is 0 Å². The average Bonchev–Trinajstić information content (AvgIpc) is 1.53. The lowest BCUT2D eigenvalue weighted by molar-refractivity contribution is -0.166. The monoisotopic (exact) mass is 206 g/mol.